The number of amides is 3. The van der Waals surface area contributed by atoms with Crippen molar-refractivity contribution in [2.24, 2.45) is 0 Å². The fourth-order valence-corrected chi connectivity index (χ4v) is 2.28. The summed E-state index contributed by atoms with van der Waals surface area (Å²) in [6.45, 7) is 2.05. The summed E-state index contributed by atoms with van der Waals surface area (Å²) >= 11 is 0. The molecule has 2 aromatic rings. The molecule has 1 atom stereocenters. The van der Waals surface area contributed by atoms with Crippen molar-refractivity contribution >= 4 is 17.6 Å². The normalized spacial score (nSPS) is 11.2. The van der Waals surface area contributed by atoms with Crippen LogP contribution in [0.5, 0.6) is 11.5 Å². The van der Waals surface area contributed by atoms with Crippen LogP contribution in [0, 0.1) is 10.1 Å². The summed E-state index contributed by atoms with van der Waals surface area (Å²) in [5, 5.41) is 15.7. The summed E-state index contributed by atoms with van der Waals surface area (Å²) in [7, 11) is 1.38. The predicted molar refractivity (Wildman–Crippen MR) is 96.7 cm³/mol. The van der Waals surface area contributed by atoms with E-state index in [1.165, 1.54) is 19.2 Å². The molecular formula is C18H19N3O6. The fraction of sp³-hybridized carbons (Fsp3) is 0.222. The second-order valence-electron chi connectivity index (χ2n) is 5.35. The number of imide groups is 1. The number of benzene rings is 2. The molecule has 0 unspecified atom stereocenters. The average molecular weight is 373 g/mol. The lowest BCUT2D eigenvalue weighted by atomic mass is 10.1. The van der Waals surface area contributed by atoms with Crippen molar-refractivity contribution in [2.75, 3.05) is 13.7 Å². The van der Waals surface area contributed by atoms with Crippen molar-refractivity contribution in [3.8, 4) is 11.5 Å². The van der Waals surface area contributed by atoms with Crippen LogP contribution in [0.15, 0.2) is 48.5 Å². The zero-order valence-corrected chi connectivity index (χ0v) is 14.8. The zero-order valence-electron chi connectivity index (χ0n) is 14.8. The number of rotatable bonds is 7. The molecule has 0 fully saturated rings. The smallest absolute Gasteiger partial charge is 0.321 e. The van der Waals surface area contributed by atoms with Gasteiger partial charge in [0, 0.05) is 18.2 Å². The number of nitro benzene ring substituents is 1. The summed E-state index contributed by atoms with van der Waals surface area (Å²) in [5.74, 6) is -0.500. The van der Waals surface area contributed by atoms with Crippen LogP contribution in [0.4, 0.5) is 10.5 Å². The van der Waals surface area contributed by atoms with Crippen LogP contribution in [0.1, 0.15) is 18.6 Å². The number of hydrogen-bond acceptors (Lipinski definition) is 6. The molecule has 0 saturated carbocycles. The third-order valence-electron chi connectivity index (χ3n) is 3.52. The molecule has 0 spiro atoms. The van der Waals surface area contributed by atoms with E-state index in [1.54, 1.807) is 37.3 Å². The maximum absolute atomic E-state index is 12.6. The van der Waals surface area contributed by atoms with E-state index < -0.39 is 23.0 Å². The van der Waals surface area contributed by atoms with Gasteiger partial charge in [-0.2, -0.15) is 0 Å². The van der Waals surface area contributed by atoms with Gasteiger partial charge in [0.05, 0.1) is 18.1 Å². The Balaban J connectivity index is 2.37. The molecule has 9 nitrogen and oxygen atoms in total. The summed E-state index contributed by atoms with van der Waals surface area (Å²) < 4.78 is 10.9. The number of nitrogens with zero attached hydrogens (tertiary/aromatic N) is 1. The number of ether oxygens (including phenoxy) is 2. The number of nitro groups is 1. The van der Waals surface area contributed by atoms with Crippen LogP contribution in [0.2, 0.25) is 0 Å². The van der Waals surface area contributed by atoms with E-state index >= 15 is 0 Å². The summed E-state index contributed by atoms with van der Waals surface area (Å²) in [4.78, 5) is 34.7. The van der Waals surface area contributed by atoms with Gasteiger partial charge in [-0.1, -0.05) is 30.3 Å². The minimum Gasteiger partial charge on any atom is -0.493 e. The molecule has 0 aliphatic rings. The van der Waals surface area contributed by atoms with E-state index in [1.807, 2.05) is 0 Å². The Hall–Kier alpha value is -3.62. The maximum Gasteiger partial charge on any atom is 0.321 e. The number of hydrogen-bond donors (Lipinski definition) is 2. The van der Waals surface area contributed by atoms with Gasteiger partial charge in [-0.25, -0.2) is 4.79 Å². The Labute approximate surface area is 155 Å². The van der Waals surface area contributed by atoms with Gasteiger partial charge in [0.2, 0.25) is 6.10 Å². The Morgan fingerprint density at radius 2 is 1.85 bits per heavy atom. The Morgan fingerprint density at radius 3 is 2.44 bits per heavy atom. The predicted octanol–water partition coefficient (Wildman–Crippen LogP) is 2.57. The van der Waals surface area contributed by atoms with Crippen LogP contribution < -0.4 is 20.1 Å². The van der Waals surface area contributed by atoms with Crippen LogP contribution in [0.3, 0.4) is 0 Å². The first-order valence-corrected chi connectivity index (χ1v) is 8.09. The van der Waals surface area contributed by atoms with E-state index in [4.69, 9.17) is 9.47 Å². The lowest BCUT2D eigenvalue weighted by Crippen LogP contribution is -2.42. The molecule has 9 heteroatoms. The van der Waals surface area contributed by atoms with E-state index in [9.17, 15) is 19.7 Å². The third kappa shape index (κ3) is 5.18. The van der Waals surface area contributed by atoms with Crippen molar-refractivity contribution in [1.29, 1.82) is 0 Å². The van der Waals surface area contributed by atoms with Gasteiger partial charge in [0.25, 0.3) is 11.6 Å². The van der Waals surface area contributed by atoms with Crippen molar-refractivity contribution in [2.45, 2.75) is 13.0 Å². The van der Waals surface area contributed by atoms with Crippen molar-refractivity contribution in [3.05, 3.63) is 64.2 Å². The second-order valence-corrected chi connectivity index (χ2v) is 5.35. The van der Waals surface area contributed by atoms with Gasteiger partial charge in [-0.3, -0.25) is 20.2 Å². The molecule has 27 heavy (non-hydrogen) atoms. The minimum absolute atomic E-state index is 0.00611. The molecule has 142 valence electrons. The Bertz CT molecular complexity index is 825. The fourth-order valence-electron chi connectivity index (χ4n) is 2.28. The number of carbonyl (C=O) groups excluding carboxylic acids is 2. The van der Waals surface area contributed by atoms with Gasteiger partial charge in [-0.05, 0) is 13.0 Å². The zero-order chi connectivity index (χ0) is 19.8. The molecule has 2 aromatic carbocycles. The lowest BCUT2D eigenvalue weighted by molar-refractivity contribution is -0.385. The standard InChI is InChI=1S/C18H19N3O6/c1-3-19-18(23)20-17(22)16(12-7-5-4-6-8-12)27-15-11-13(21(24)25)9-10-14(15)26-2/h4-11,16H,3H2,1-2H3,(H2,19,20,22,23)/t16-/m0/s1. The Kier molecular flexibility index (Phi) is 6.70. The Morgan fingerprint density at radius 1 is 1.15 bits per heavy atom. The van der Waals surface area contributed by atoms with Gasteiger partial charge >= 0.3 is 6.03 Å². The van der Waals surface area contributed by atoms with E-state index in [0.717, 1.165) is 6.07 Å². The molecule has 0 aliphatic carbocycles. The van der Waals surface area contributed by atoms with Crippen LogP contribution in [0.25, 0.3) is 0 Å². The molecule has 0 radical (unpaired) electrons. The SMILES string of the molecule is CCNC(=O)NC(=O)[C@@H](Oc1cc([N+](=O)[O-])ccc1OC)c1ccccc1. The van der Waals surface area contributed by atoms with Gasteiger partial charge in [0.1, 0.15) is 0 Å². The highest BCUT2D eigenvalue weighted by Gasteiger charge is 2.26. The van der Waals surface area contributed by atoms with Crippen molar-refractivity contribution < 1.29 is 24.0 Å². The summed E-state index contributed by atoms with van der Waals surface area (Å²) in [5.41, 5.74) is 0.245. The number of urea groups is 1. The first-order chi connectivity index (χ1) is 13.0. The summed E-state index contributed by atoms with van der Waals surface area (Å²) in [6, 6.07) is 11.6. The summed E-state index contributed by atoms with van der Waals surface area (Å²) in [6.07, 6.45) is -1.22. The highest BCUT2D eigenvalue weighted by molar-refractivity contribution is 5.97. The second kappa shape index (κ2) is 9.18. The molecule has 0 saturated heterocycles. The van der Waals surface area contributed by atoms with Crippen molar-refractivity contribution in [3.63, 3.8) is 0 Å². The molecule has 2 rings (SSSR count). The first kappa shape index (κ1) is 19.7. The van der Waals surface area contributed by atoms with Crippen LogP contribution >= 0.6 is 0 Å². The molecule has 0 heterocycles. The molecule has 0 aromatic heterocycles. The topological polar surface area (TPSA) is 120 Å². The molecule has 3 amide bonds. The lowest BCUT2D eigenvalue weighted by Gasteiger charge is -2.20. The molecule has 0 bridgehead atoms. The van der Waals surface area contributed by atoms with Crippen LogP contribution in [-0.2, 0) is 4.79 Å². The van der Waals surface area contributed by atoms with E-state index in [2.05, 4.69) is 10.6 Å². The van der Waals surface area contributed by atoms with Gasteiger partial charge < -0.3 is 14.8 Å². The number of non-ortho nitro benzene ring substituents is 1. The van der Waals surface area contributed by atoms with E-state index in [0.29, 0.717) is 12.1 Å². The monoisotopic (exact) mass is 373 g/mol. The van der Waals surface area contributed by atoms with Gasteiger partial charge in [0.15, 0.2) is 11.5 Å². The maximum atomic E-state index is 12.6. The number of methoxy groups -OCH3 is 1. The largest absolute Gasteiger partial charge is 0.493 e. The highest BCUT2D eigenvalue weighted by atomic mass is 16.6. The third-order valence-corrected chi connectivity index (χ3v) is 3.52. The van der Waals surface area contributed by atoms with Crippen LogP contribution in [-0.4, -0.2) is 30.5 Å². The number of nitrogens with one attached hydrogen (secondary N) is 2. The van der Waals surface area contributed by atoms with Gasteiger partial charge in [-0.15, -0.1) is 0 Å². The molecular weight excluding hydrogens is 354 g/mol. The minimum atomic E-state index is -1.22. The first-order valence-electron chi connectivity index (χ1n) is 8.09. The van der Waals surface area contributed by atoms with E-state index in [-0.39, 0.29) is 17.2 Å². The highest BCUT2D eigenvalue weighted by Crippen LogP contribution is 2.34. The molecule has 2 N–H and O–H groups in total. The van der Waals surface area contributed by atoms with Crippen molar-refractivity contribution in [1.82, 2.24) is 10.6 Å². The molecule has 0 aliphatic heterocycles. The number of carbonyl (C=O) groups is 2. The average Bonchev–Trinajstić information content (AvgIpc) is 2.66. The quantitative estimate of drug-likeness (QED) is 0.568.